The molecule has 1 aromatic heterocycles. The average Bonchev–Trinajstić information content (AvgIpc) is 2.83. The van der Waals surface area contributed by atoms with Crippen molar-refractivity contribution >= 4 is 11.5 Å². The topological polar surface area (TPSA) is 69.0 Å². The molecule has 6 nitrogen and oxygen atoms in total. The second-order valence-corrected chi connectivity index (χ2v) is 4.44. The minimum atomic E-state index is -0.0129. The first kappa shape index (κ1) is 11.7. The lowest BCUT2D eigenvalue weighted by Gasteiger charge is -2.21. The van der Waals surface area contributed by atoms with Crippen LogP contribution in [0.25, 0.3) is 0 Å². The number of rotatable bonds is 3. The van der Waals surface area contributed by atoms with Crippen molar-refractivity contribution in [2.75, 3.05) is 18.5 Å². The first-order valence-electron chi connectivity index (χ1n) is 6.12. The van der Waals surface area contributed by atoms with Gasteiger partial charge in [0, 0.05) is 19.8 Å². The molecule has 6 heteroatoms. The Bertz CT molecular complexity index is 621. The molecule has 0 atom stereocenters. The predicted octanol–water partition coefficient (Wildman–Crippen LogP) is 1.04. The number of hydrogen-bond acceptors (Lipinski definition) is 5. The molecule has 3 rings (SSSR count). The first-order valence-corrected chi connectivity index (χ1v) is 6.12. The molecule has 1 aromatic carbocycles. The summed E-state index contributed by atoms with van der Waals surface area (Å²) in [6, 6.07) is 5.54. The van der Waals surface area contributed by atoms with Crippen LogP contribution in [-0.4, -0.2) is 33.9 Å². The number of para-hydroxylation sites is 1. The largest absolute Gasteiger partial charge is 0.489 e. The Balaban J connectivity index is 1.87. The summed E-state index contributed by atoms with van der Waals surface area (Å²) >= 11 is 0. The van der Waals surface area contributed by atoms with Gasteiger partial charge in [0.2, 0.25) is 0 Å². The molecular formula is C13H14N4O2. The van der Waals surface area contributed by atoms with Crippen LogP contribution < -0.4 is 10.1 Å². The van der Waals surface area contributed by atoms with E-state index >= 15 is 0 Å². The van der Waals surface area contributed by atoms with Gasteiger partial charge in [-0.2, -0.15) is 0 Å². The van der Waals surface area contributed by atoms with Crippen LogP contribution in [0.3, 0.4) is 0 Å². The fraction of sp³-hybridized carbons (Fsp3) is 0.308. The molecule has 0 amide bonds. The zero-order valence-electron chi connectivity index (χ0n) is 10.6. The molecule has 0 unspecified atom stereocenters. The summed E-state index contributed by atoms with van der Waals surface area (Å²) < 4.78 is 7.18. The maximum atomic E-state index is 12.3. The molecule has 0 saturated carbocycles. The summed E-state index contributed by atoms with van der Waals surface area (Å²) in [5.74, 6) is 0.628. The van der Waals surface area contributed by atoms with E-state index in [1.54, 1.807) is 24.0 Å². The fourth-order valence-electron chi connectivity index (χ4n) is 2.13. The van der Waals surface area contributed by atoms with Crippen molar-refractivity contribution in [2.45, 2.75) is 6.42 Å². The fourth-order valence-corrected chi connectivity index (χ4v) is 2.13. The van der Waals surface area contributed by atoms with Gasteiger partial charge in [-0.25, -0.2) is 0 Å². The number of aromatic nitrogens is 3. The molecule has 19 heavy (non-hydrogen) atoms. The number of Topliss-reactive ketones (excluding diaryl/α,β-unsaturated/α-hetero) is 1. The highest BCUT2D eigenvalue weighted by atomic mass is 16.5. The van der Waals surface area contributed by atoms with Crippen LogP contribution in [0.1, 0.15) is 16.1 Å². The van der Waals surface area contributed by atoms with Gasteiger partial charge >= 0.3 is 0 Å². The number of ketones is 1. The summed E-state index contributed by atoms with van der Waals surface area (Å²) in [6.07, 6.45) is 1.97. The maximum Gasteiger partial charge on any atom is 0.172 e. The van der Waals surface area contributed by atoms with Crippen molar-refractivity contribution in [3.8, 4) is 5.75 Å². The van der Waals surface area contributed by atoms with Crippen LogP contribution in [0.4, 0.5) is 5.69 Å². The highest BCUT2D eigenvalue weighted by Crippen LogP contribution is 2.31. The van der Waals surface area contributed by atoms with Crippen LogP contribution in [-0.2, 0) is 13.5 Å². The first-order chi connectivity index (χ1) is 9.24. The Morgan fingerprint density at radius 3 is 3.21 bits per heavy atom. The third kappa shape index (κ3) is 2.29. The van der Waals surface area contributed by atoms with Crippen molar-refractivity contribution in [1.29, 1.82) is 0 Å². The number of hydrogen-bond donors (Lipinski definition) is 1. The van der Waals surface area contributed by atoms with Crippen molar-refractivity contribution in [2.24, 2.45) is 7.05 Å². The van der Waals surface area contributed by atoms with E-state index in [2.05, 4.69) is 15.6 Å². The molecule has 2 aromatic rings. The highest BCUT2D eigenvalue weighted by molar-refractivity contribution is 6.01. The molecule has 1 aliphatic rings. The molecule has 1 N–H and O–H groups in total. The van der Waals surface area contributed by atoms with Crippen molar-refractivity contribution in [1.82, 2.24) is 15.0 Å². The molecule has 0 saturated heterocycles. The molecule has 0 bridgehead atoms. The Morgan fingerprint density at radius 1 is 1.53 bits per heavy atom. The second kappa shape index (κ2) is 4.72. The van der Waals surface area contributed by atoms with Crippen molar-refractivity contribution in [3.63, 3.8) is 0 Å². The summed E-state index contributed by atoms with van der Waals surface area (Å²) in [6.45, 7) is 1.33. The summed E-state index contributed by atoms with van der Waals surface area (Å²) in [5, 5.41) is 11.0. The number of benzene rings is 1. The van der Waals surface area contributed by atoms with Crippen LogP contribution >= 0.6 is 0 Å². The number of nitrogens with one attached hydrogen (secondary N) is 1. The minimum absolute atomic E-state index is 0.0129. The molecule has 98 valence electrons. The Kier molecular flexibility index (Phi) is 2.91. The number of carbonyl (C=O) groups is 1. The number of nitrogens with zero attached hydrogens (tertiary/aromatic N) is 3. The zero-order chi connectivity index (χ0) is 13.2. The van der Waals surface area contributed by atoms with E-state index in [4.69, 9.17) is 4.74 Å². The average molecular weight is 258 g/mol. The van der Waals surface area contributed by atoms with E-state index < -0.39 is 0 Å². The van der Waals surface area contributed by atoms with Crippen LogP contribution in [0.2, 0.25) is 0 Å². The quantitative estimate of drug-likeness (QED) is 0.833. The number of carbonyl (C=O) groups excluding carboxylic acids is 1. The van der Waals surface area contributed by atoms with Gasteiger partial charge in [-0.1, -0.05) is 11.3 Å². The molecule has 0 spiro atoms. The number of anilines is 1. The van der Waals surface area contributed by atoms with Gasteiger partial charge in [0.15, 0.2) is 11.5 Å². The number of aryl methyl sites for hydroxylation is 1. The smallest absolute Gasteiger partial charge is 0.172 e. The van der Waals surface area contributed by atoms with E-state index in [9.17, 15) is 4.79 Å². The van der Waals surface area contributed by atoms with Crippen LogP contribution in [0, 0.1) is 0 Å². The van der Waals surface area contributed by atoms with Gasteiger partial charge in [0.05, 0.1) is 23.4 Å². The van der Waals surface area contributed by atoms with Gasteiger partial charge in [0.1, 0.15) is 6.61 Å². The van der Waals surface area contributed by atoms with E-state index in [0.29, 0.717) is 23.6 Å². The molecular weight excluding hydrogens is 244 g/mol. The Morgan fingerprint density at radius 2 is 2.42 bits per heavy atom. The molecule has 1 aliphatic heterocycles. The lowest BCUT2D eigenvalue weighted by Crippen LogP contribution is -2.20. The zero-order valence-corrected chi connectivity index (χ0v) is 10.6. The Hall–Kier alpha value is -2.37. The van der Waals surface area contributed by atoms with Crippen molar-refractivity contribution < 1.29 is 9.53 Å². The normalized spacial score (nSPS) is 13.3. The van der Waals surface area contributed by atoms with E-state index in [-0.39, 0.29) is 12.2 Å². The molecule has 0 fully saturated rings. The standard InChI is InChI=1S/C13H14N4O2/c1-17-8-9(15-16-17)7-12(18)10-3-2-4-11-13(10)19-6-5-14-11/h2-4,8,14H,5-7H2,1H3. The highest BCUT2D eigenvalue weighted by Gasteiger charge is 2.19. The SMILES string of the molecule is Cn1cc(CC(=O)c2cccc3c2OCCN3)nn1. The van der Waals surface area contributed by atoms with Crippen LogP contribution in [0.5, 0.6) is 5.75 Å². The lowest BCUT2D eigenvalue weighted by molar-refractivity contribution is 0.0988. The number of ether oxygens (including phenoxy) is 1. The Labute approximate surface area is 110 Å². The second-order valence-electron chi connectivity index (χ2n) is 4.44. The van der Waals surface area contributed by atoms with E-state index in [0.717, 1.165) is 12.2 Å². The van der Waals surface area contributed by atoms with Gasteiger partial charge < -0.3 is 10.1 Å². The third-order valence-electron chi connectivity index (χ3n) is 2.97. The van der Waals surface area contributed by atoms with E-state index in [1.165, 1.54) is 0 Å². The minimum Gasteiger partial charge on any atom is -0.489 e. The third-order valence-corrected chi connectivity index (χ3v) is 2.97. The number of fused-ring (bicyclic) bond motifs is 1. The lowest BCUT2D eigenvalue weighted by atomic mass is 10.0. The predicted molar refractivity (Wildman–Crippen MR) is 69.5 cm³/mol. The van der Waals surface area contributed by atoms with Gasteiger partial charge in [-0.3, -0.25) is 9.48 Å². The molecule has 0 radical (unpaired) electrons. The van der Waals surface area contributed by atoms with Gasteiger partial charge in [0.25, 0.3) is 0 Å². The van der Waals surface area contributed by atoms with Gasteiger partial charge in [-0.15, -0.1) is 5.10 Å². The summed E-state index contributed by atoms with van der Waals surface area (Å²) in [4.78, 5) is 12.3. The molecule has 0 aliphatic carbocycles. The maximum absolute atomic E-state index is 12.3. The summed E-state index contributed by atoms with van der Waals surface area (Å²) in [7, 11) is 1.78. The van der Waals surface area contributed by atoms with Crippen LogP contribution in [0.15, 0.2) is 24.4 Å². The summed E-state index contributed by atoms with van der Waals surface area (Å²) in [5.41, 5.74) is 2.13. The van der Waals surface area contributed by atoms with Gasteiger partial charge in [-0.05, 0) is 12.1 Å². The monoisotopic (exact) mass is 258 g/mol. The van der Waals surface area contributed by atoms with Crippen molar-refractivity contribution in [3.05, 3.63) is 35.7 Å². The molecule has 2 heterocycles. The van der Waals surface area contributed by atoms with E-state index in [1.807, 2.05) is 12.1 Å².